The number of amides is 2. The second-order valence-electron chi connectivity index (χ2n) is 5.58. The highest BCUT2D eigenvalue weighted by atomic mass is 16.5. The summed E-state index contributed by atoms with van der Waals surface area (Å²) in [7, 11) is 1.60. The van der Waals surface area contributed by atoms with Crippen LogP contribution in [0.5, 0.6) is 0 Å². The molecule has 2 amide bonds. The van der Waals surface area contributed by atoms with Gasteiger partial charge in [0.15, 0.2) is 0 Å². The van der Waals surface area contributed by atoms with E-state index in [1.807, 2.05) is 24.3 Å². The molecule has 1 aliphatic rings. The van der Waals surface area contributed by atoms with Crippen molar-refractivity contribution in [1.29, 1.82) is 0 Å². The summed E-state index contributed by atoms with van der Waals surface area (Å²) in [5.74, 6) is 0. The number of anilines is 2. The van der Waals surface area contributed by atoms with Gasteiger partial charge in [-0.3, -0.25) is 0 Å². The Balaban J connectivity index is 1.88. The van der Waals surface area contributed by atoms with Crippen molar-refractivity contribution >= 4 is 17.4 Å². The van der Waals surface area contributed by atoms with E-state index in [-0.39, 0.29) is 18.2 Å². The fourth-order valence-electron chi connectivity index (χ4n) is 2.59. The maximum absolute atomic E-state index is 11.7. The lowest BCUT2D eigenvalue weighted by Crippen LogP contribution is -2.45. The molecule has 6 heteroatoms. The first-order chi connectivity index (χ1) is 10.6. The minimum absolute atomic E-state index is 0.224. The lowest BCUT2D eigenvalue weighted by molar-refractivity contribution is -0.00521. The van der Waals surface area contributed by atoms with E-state index in [1.165, 1.54) is 0 Å². The molecule has 1 aromatic rings. The maximum Gasteiger partial charge on any atom is 0.319 e. The highest BCUT2D eigenvalue weighted by Crippen LogP contribution is 2.22. The Morgan fingerprint density at radius 1 is 1.27 bits per heavy atom. The molecule has 0 bridgehead atoms. The van der Waals surface area contributed by atoms with Gasteiger partial charge in [-0.25, -0.2) is 4.79 Å². The highest BCUT2D eigenvalue weighted by Gasteiger charge is 2.22. The third kappa shape index (κ3) is 4.89. The monoisotopic (exact) mass is 307 g/mol. The van der Waals surface area contributed by atoms with E-state index in [2.05, 4.69) is 29.4 Å². The van der Waals surface area contributed by atoms with E-state index in [9.17, 15) is 4.79 Å². The maximum atomic E-state index is 11.7. The van der Waals surface area contributed by atoms with Gasteiger partial charge in [0.2, 0.25) is 0 Å². The molecule has 0 aliphatic carbocycles. The highest BCUT2D eigenvalue weighted by molar-refractivity contribution is 5.89. The number of nitrogens with one attached hydrogen (secondary N) is 2. The van der Waals surface area contributed by atoms with Gasteiger partial charge in [0.1, 0.15) is 0 Å². The molecular formula is C16H25N3O3. The van der Waals surface area contributed by atoms with Crippen LogP contribution in [0.15, 0.2) is 24.3 Å². The average Bonchev–Trinajstić information content (AvgIpc) is 2.47. The van der Waals surface area contributed by atoms with Crippen LogP contribution in [0, 0.1) is 0 Å². The lowest BCUT2D eigenvalue weighted by atomic mass is 10.2. The topological polar surface area (TPSA) is 62.8 Å². The molecule has 1 aromatic carbocycles. The zero-order valence-electron chi connectivity index (χ0n) is 13.5. The van der Waals surface area contributed by atoms with Crippen molar-refractivity contribution in [1.82, 2.24) is 5.32 Å². The Kier molecular flexibility index (Phi) is 6.03. The number of carbonyl (C=O) groups excluding carboxylic acids is 1. The van der Waals surface area contributed by atoms with Crippen molar-refractivity contribution in [2.45, 2.75) is 26.1 Å². The van der Waals surface area contributed by atoms with E-state index in [0.29, 0.717) is 13.2 Å². The van der Waals surface area contributed by atoms with Crippen molar-refractivity contribution in [2.24, 2.45) is 0 Å². The largest absolute Gasteiger partial charge is 0.383 e. The number of urea groups is 1. The number of methoxy groups -OCH3 is 1. The summed E-state index contributed by atoms with van der Waals surface area (Å²) in [6, 6.07) is 7.65. The average molecular weight is 307 g/mol. The Morgan fingerprint density at radius 2 is 1.91 bits per heavy atom. The number of hydrogen-bond donors (Lipinski definition) is 2. The molecular weight excluding hydrogens is 282 g/mol. The summed E-state index contributed by atoms with van der Waals surface area (Å²) in [5.41, 5.74) is 1.92. The van der Waals surface area contributed by atoms with Crippen molar-refractivity contribution in [3.05, 3.63) is 24.3 Å². The summed E-state index contributed by atoms with van der Waals surface area (Å²) in [4.78, 5) is 14.0. The van der Waals surface area contributed by atoms with E-state index >= 15 is 0 Å². The fraction of sp³-hybridized carbons (Fsp3) is 0.562. The molecule has 1 fully saturated rings. The lowest BCUT2D eigenvalue weighted by Gasteiger charge is -2.36. The van der Waals surface area contributed by atoms with Crippen LogP contribution >= 0.6 is 0 Å². The summed E-state index contributed by atoms with van der Waals surface area (Å²) >= 11 is 0. The van der Waals surface area contributed by atoms with Gasteiger partial charge in [-0.05, 0) is 38.1 Å². The van der Waals surface area contributed by atoms with Crippen molar-refractivity contribution < 1.29 is 14.3 Å². The van der Waals surface area contributed by atoms with Crippen LogP contribution in [0.4, 0.5) is 16.2 Å². The molecule has 0 unspecified atom stereocenters. The molecule has 2 atom stereocenters. The third-order valence-corrected chi connectivity index (χ3v) is 3.50. The van der Waals surface area contributed by atoms with E-state index in [0.717, 1.165) is 24.5 Å². The van der Waals surface area contributed by atoms with Gasteiger partial charge in [-0.15, -0.1) is 0 Å². The zero-order chi connectivity index (χ0) is 15.9. The van der Waals surface area contributed by atoms with Crippen molar-refractivity contribution in [3.63, 3.8) is 0 Å². The predicted octanol–water partition coefficient (Wildman–Crippen LogP) is 2.07. The SMILES string of the molecule is COCCNC(=O)Nc1ccc(N2C[C@@H](C)O[C@@H](C)C2)cc1. The smallest absolute Gasteiger partial charge is 0.319 e. The van der Waals surface area contributed by atoms with Gasteiger partial charge in [0, 0.05) is 38.1 Å². The number of hydrogen-bond acceptors (Lipinski definition) is 4. The van der Waals surface area contributed by atoms with Crippen LogP contribution in [-0.4, -0.2) is 51.6 Å². The molecule has 0 radical (unpaired) electrons. The Bertz CT molecular complexity index is 468. The molecule has 1 saturated heterocycles. The van der Waals surface area contributed by atoms with Gasteiger partial charge < -0.3 is 25.0 Å². The molecule has 1 heterocycles. The summed E-state index contributed by atoms with van der Waals surface area (Å²) < 4.78 is 10.6. The standard InChI is InChI=1S/C16H25N3O3/c1-12-10-19(11-13(2)22-12)15-6-4-14(5-7-15)18-16(20)17-8-9-21-3/h4-7,12-13H,8-11H2,1-3H3,(H2,17,18,20)/t12-,13+. The molecule has 22 heavy (non-hydrogen) atoms. The molecule has 0 spiro atoms. The van der Waals surface area contributed by atoms with Crippen molar-refractivity contribution in [2.75, 3.05) is 43.6 Å². The van der Waals surface area contributed by atoms with Gasteiger partial charge in [-0.2, -0.15) is 0 Å². The van der Waals surface area contributed by atoms with Gasteiger partial charge in [-0.1, -0.05) is 0 Å². The van der Waals surface area contributed by atoms with E-state index in [1.54, 1.807) is 7.11 Å². The second-order valence-corrected chi connectivity index (χ2v) is 5.58. The third-order valence-electron chi connectivity index (χ3n) is 3.50. The Hall–Kier alpha value is -1.79. The number of rotatable bonds is 5. The molecule has 0 aromatic heterocycles. The van der Waals surface area contributed by atoms with Crippen LogP contribution in [0.3, 0.4) is 0 Å². The number of carbonyl (C=O) groups is 1. The second kappa shape index (κ2) is 8.00. The first-order valence-corrected chi connectivity index (χ1v) is 7.62. The molecule has 6 nitrogen and oxygen atoms in total. The van der Waals surface area contributed by atoms with E-state index in [4.69, 9.17) is 9.47 Å². The molecule has 0 saturated carbocycles. The van der Waals surface area contributed by atoms with Gasteiger partial charge in [0.05, 0.1) is 18.8 Å². The molecule has 1 aliphatic heterocycles. The molecule has 2 N–H and O–H groups in total. The van der Waals surface area contributed by atoms with Gasteiger partial charge in [0.25, 0.3) is 0 Å². The normalized spacial score (nSPS) is 21.5. The number of nitrogens with zero attached hydrogens (tertiary/aromatic N) is 1. The fourth-order valence-corrected chi connectivity index (χ4v) is 2.59. The predicted molar refractivity (Wildman–Crippen MR) is 87.6 cm³/mol. The Labute approximate surface area is 131 Å². The van der Waals surface area contributed by atoms with Crippen LogP contribution in [-0.2, 0) is 9.47 Å². The number of morpholine rings is 1. The minimum Gasteiger partial charge on any atom is -0.383 e. The summed E-state index contributed by atoms with van der Waals surface area (Å²) in [6.07, 6.45) is 0.459. The van der Waals surface area contributed by atoms with Gasteiger partial charge >= 0.3 is 6.03 Å². The quantitative estimate of drug-likeness (QED) is 0.818. The minimum atomic E-state index is -0.224. The first kappa shape index (κ1) is 16.6. The summed E-state index contributed by atoms with van der Waals surface area (Å²) in [5, 5.41) is 5.52. The number of benzene rings is 1. The van der Waals surface area contributed by atoms with Crippen molar-refractivity contribution in [3.8, 4) is 0 Å². The van der Waals surface area contributed by atoms with Crippen LogP contribution < -0.4 is 15.5 Å². The number of ether oxygens (including phenoxy) is 2. The zero-order valence-corrected chi connectivity index (χ0v) is 13.5. The van der Waals surface area contributed by atoms with Crippen LogP contribution in [0.25, 0.3) is 0 Å². The molecule has 122 valence electrons. The Morgan fingerprint density at radius 3 is 2.50 bits per heavy atom. The van der Waals surface area contributed by atoms with Crippen LogP contribution in [0.1, 0.15) is 13.8 Å². The van der Waals surface area contributed by atoms with E-state index < -0.39 is 0 Å². The molecule has 2 rings (SSSR count). The van der Waals surface area contributed by atoms with Crippen LogP contribution in [0.2, 0.25) is 0 Å². The summed E-state index contributed by atoms with van der Waals surface area (Å²) in [6.45, 7) is 6.93. The first-order valence-electron chi connectivity index (χ1n) is 7.62.